The van der Waals surface area contributed by atoms with Crippen molar-refractivity contribution >= 4 is 32.9 Å². The summed E-state index contributed by atoms with van der Waals surface area (Å²) in [5.74, 6) is -0.595. The molecule has 1 amide bonds. The predicted molar refractivity (Wildman–Crippen MR) is 73.1 cm³/mol. The van der Waals surface area contributed by atoms with Crippen LogP contribution in [0.1, 0.15) is 18.0 Å². The van der Waals surface area contributed by atoms with Gasteiger partial charge in [-0.2, -0.15) is 0 Å². The van der Waals surface area contributed by atoms with Crippen LogP contribution in [0.4, 0.5) is 0 Å². The van der Waals surface area contributed by atoms with E-state index >= 15 is 0 Å². The fourth-order valence-corrected chi connectivity index (χ4v) is 3.11. The van der Waals surface area contributed by atoms with E-state index in [0.29, 0.717) is 23.9 Å². The Bertz CT molecular complexity index is 821. The van der Waals surface area contributed by atoms with Gasteiger partial charge in [-0.3, -0.25) is 19.0 Å². The smallest absolute Gasteiger partial charge is 0.317 e. The van der Waals surface area contributed by atoms with Crippen LogP contribution in [0, 0.1) is 0 Å². The number of carbonyl (C=O) groups is 1. The Hall–Kier alpha value is -1.89. The molecule has 0 fully saturated rings. The lowest BCUT2D eigenvalue weighted by molar-refractivity contribution is -0.121. The SMILES string of the molecule is NC(=O)C1CCc2cc(Br)cc3[nH]c(=O)c(=O)n1c23. The van der Waals surface area contributed by atoms with Crippen LogP contribution in [-0.2, 0) is 11.2 Å². The quantitative estimate of drug-likeness (QED) is 0.744. The zero-order valence-corrected chi connectivity index (χ0v) is 11.4. The van der Waals surface area contributed by atoms with E-state index in [4.69, 9.17) is 5.73 Å². The Labute approximate surface area is 115 Å². The zero-order chi connectivity index (χ0) is 13.7. The molecule has 0 bridgehead atoms. The van der Waals surface area contributed by atoms with Gasteiger partial charge in [-0.05, 0) is 30.5 Å². The average molecular weight is 324 g/mol. The molecular formula is C12H10BrN3O3. The van der Waals surface area contributed by atoms with Gasteiger partial charge in [-0.15, -0.1) is 0 Å². The summed E-state index contributed by atoms with van der Waals surface area (Å²) in [5, 5.41) is 0. The summed E-state index contributed by atoms with van der Waals surface area (Å²) in [6.45, 7) is 0. The molecule has 0 spiro atoms. The highest BCUT2D eigenvalue weighted by molar-refractivity contribution is 9.10. The summed E-state index contributed by atoms with van der Waals surface area (Å²) >= 11 is 3.36. The number of aromatic amines is 1. The number of nitrogens with two attached hydrogens (primary N) is 1. The molecule has 0 saturated heterocycles. The van der Waals surface area contributed by atoms with Gasteiger partial charge in [0.15, 0.2) is 0 Å². The van der Waals surface area contributed by atoms with Gasteiger partial charge in [0.1, 0.15) is 6.04 Å². The topological polar surface area (TPSA) is 98.0 Å². The minimum atomic E-state index is -0.758. The van der Waals surface area contributed by atoms with Gasteiger partial charge in [0.2, 0.25) is 5.91 Å². The molecule has 1 aliphatic heterocycles. The Morgan fingerprint density at radius 2 is 2.16 bits per heavy atom. The first-order valence-electron chi connectivity index (χ1n) is 5.75. The molecule has 1 unspecified atom stereocenters. The van der Waals surface area contributed by atoms with Crippen molar-refractivity contribution in [1.29, 1.82) is 0 Å². The van der Waals surface area contributed by atoms with E-state index in [1.165, 1.54) is 4.57 Å². The summed E-state index contributed by atoms with van der Waals surface area (Å²) in [6, 6.07) is 2.83. The highest BCUT2D eigenvalue weighted by Crippen LogP contribution is 2.30. The molecule has 7 heteroatoms. The second kappa shape index (κ2) is 4.06. The monoisotopic (exact) mass is 323 g/mol. The second-order valence-electron chi connectivity index (χ2n) is 4.55. The van der Waals surface area contributed by atoms with Gasteiger partial charge in [0.05, 0.1) is 11.0 Å². The Kier molecular flexibility index (Phi) is 2.60. The van der Waals surface area contributed by atoms with Crippen LogP contribution in [-0.4, -0.2) is 15.5 Å². The highest BCUT2D eigenvalue weighted by Gasteiger charge is 2.27. The van der Waals surface area contributed by atoms with Crippen LogP contribution >= 0.6 is 15.9 Å². The van der Waals surface area contributed by atoms with Crippen molar-refractivity contribution in [3.05, 3.63) is 42.9 Å². The maximum atomic E-state index is 12.0. The normalized spacial score (nSPS) is 17.6. The van der Waals surface area contributed by atoms with Crippen molar-refractivity contribution in [2.45, 2.75) is 18.9 Å². The van der Waals surface area contributed by atoms with Crippen molar-refractivity contribution < 1.29 is 4.79 Å². The van der Waals surface area contributed by atoms with Crippen LogP contribution in [0.2, 0.25) is 0 Å². The van der Waals surface area contributed by atoms with Crippen LogP contribution in [0.5, 0.6) is 0 Å². The number of primary amides is 1. The van der Waals surface area contributed by atoms with Crippen molar-refractivity contribution in [2.24, 2.45) is 5.73 Å². The lowest BCUT2D eigenvalue weighted by Crippen LogP contribution is -2.44. The summed E-state index contributed by atoms with van der Waals surface area (Å²) < 4.78 is 2.04. The zero-order valence-electron chi connectivity index (χ0n) is 9.77. The van der Waals surface area contributed by atoms with Crippen LogP contribution in [0.15, 0.2) is 26.2 Å². The summed E-state index contributed by atoms with van der Waals surface area (Å²) in [5.41, 5.74) is 5.87. The molecule has 1 aromatic heterocycles. The second-order valence-corrected chi connectivity index (χ2v) is 5.46. The number of hydrogen-bond donors (Lipinski definition) is 2. The first kappa shape index (κ1) is 12.2. The molecule has 3 N–H and O–H groups in total. The number of hydrogen-bond acceptors (Lipinski definition) is 3. The molecule has 3 rings (SSSR count). The number of nitrogens with one attached hydrogen (secondary N) is 1. The van der Waals surface area contributed by atoms with Gasteiger partial charge in [0.25, 0.3) is 0 Å². The van der Waals surface area contributed by atoms with Crippen molar-refractivity contribution in [1.82, 2.24) is 9.55 Å². The minimum absolute atomic E-state index is 0.428. The summed E-state index contributed by atoms with van der Waals surface area (Å²) in [6.07, 6.45) is 1.06. The molecule has 6 nitrogen and oxygen atoms in total. The lowest BCUT2D eigenvalue weighted by atomic mass is 9.98. The third kappa shape index (κ3) is 1.73. The third-order valence-corrected chi connectivity index (χ3v) is 3.84. The number of rotatable bonds is 1. The number of nitrogens with zero attached hydrogens (tertiary/aromatic N) is 1. The van der Waals surface area contributed by atoms with Gasteiger partial charge in [-0.25, -0.2) is 0 Å². The number of H-pyrrole nitrogens is 1. The molecular weight excluding hydrogens is 314 g/mol. The fourth-order valence-electron chi connectivity index (χ4n) is 2.60. The molecule has 1 aliphatic rings. The van der Waals surface area contributed by atoms with E-state index in [2.05, 4.69) is 20.9 Å². The molecule has 0 saturated carbocycles. The van der Waals surface area contributed by atoms with E-state index < -0.39 is 23.1 Å². The summed E-state index contributed by atoms with van der Waals surface area (Å²) in [4.78, 5) is 37.7. The van der Waals surface area contributed by atoms with E-state index in [1.807, 2.05) is 6.07 Å². The third-order valence-electron chi connectivity index (χ3n) is 3.38. The van der Waals surface area contributed by atoms with Crippen LogP contribution < -0.4 is 16.9 Å². The maximum absolute atomic E-state index is 12.0. The molecule has 2 aromatic rings. The maximum Gasteiger partial charge on any atom is 0.317 e. The number of carbonyl (C=O) groups excluding carboxylic acids is 1. The number of amides is 1. The van der Waals surface area contributed by atoms with Crippen molar-refractivity contribution in [2.75, 3.05) is 0 Å². The van der Waals surface area contributed by atoms with Crippen molar-refractivity contribution in [3.63, 3.8) is 0 Å². The van der Waals surface area contributed by atoms with Crippen LogP contribution in [0.25, 0.3) is 11.0 Å². The number of aromatic nitrogens is 2. The predicted octanol–water partition coefficient (Wildman–Crippen LogP) is 0.425. The van der Waals surface area contributed by atoms with Gasteiger partial charge >= 0.3 is 11.1 Å². The van der Waals surface area contributed by atoms with Crippen molar-refractivity contribution in [3.8, 4) is 0 Å². The van der Waals surface area contributed by atoms with Gasteiger partial charge in [-0.1, -0.05) is 15.9 Å². The van der Waals surface area contributed by atoms with E-state index in [9.17, 15) is 14.4 Å². The summed E-state index contributed by atoms with van der Waals surface area (Å²) in [7, 11) is 0. The molecule has 0 aliphatic carbocycles. The average Bonchev–Trinajstić information content (AvgIpc) is 2.34. The van der Waals surface area contributed by atoms with Gasteiger partial charge < -0.3 is 10.7 Å². The van der Waals surface area contributed by atoms with E-state index in [0.717, 1.165) is 10.0 Å². The standard InChI is InChI=1S/C12H10BrN3O3/c13-6-3-5-1-2-8(10(14)17)16-9(5)7(4-6)15-11(18)12(16)19/h3-4,8H,1-2H2,(H2,14,17)(H,15,18). The molecule has 19 heavy (non-hydrogen) atoms. The van der Waals surface area contributed by atoms with E-state index in [-0.39, 0.29) is 0 Å². The first-order chi connectivity index (χ1) is 8.99. The van der Waals surface area contributed by atoms with Gasteiger partial charge in [0, 0.05) is 4.47 Å². The fraction of sp³-hybridized carbons (Fsp3) is 0.250. The largest absolute Gasteiger partial charge is 0.368 e. The Morgan fingerprint density at radius 3 is 2.84 bits per heavy atom. The van der Waals surface area contributed by atoms with E-state index in [1.54, 1.807) is 6.07 Å². The Morgan fingerprint density at radius 1 is 1.42 bits per heavy atom. The minimum Gasteiger partial charge on any atom is -0.368 e. The molecule has 2 heterocycles. The molecule has 0 radical (unpaired) electrons. The first-order valence-corrected chi connectivity index (χ1v) is 6.54. The number of halogens is 1. The highest BCUT2D eigenvalue weighted by atomic mass is 79.9. The number of benzene rings is 1. The number of aryl methyl sites for hydroxylation is 1. The Balaban J connectivity index is 2.54. The molecule has 98 valence electrons. The molecule has 1 aromatic carbocycles. The molecule has 1 atom stereocenters. The lowest BCUT2D eigenvalue weighted by Gasteiger charge is -2.25. The van der Waals surface area contributed by atoms with Crippen LogP contribution in [0.3, 0.4) is 0 Å².